The highest BCUT2D eigenvalue weighted by molar-refractivity contribution is 5.97. The number of morpholine rings is 1. The van der Waals surface area contributed by atoms with Crippen LogP contribution in [0.3, 0.4) is 0 Å². The fourth-order valence-corrected chi connectivity index (χ4v) is 5.35. The zero-order valence-electron chi connectivity index (χ0n) is 22.7. The number of carbonyl (C=O) groups is 1. The molecule has 0 amide bonds. The SMILES string of the molecule is CN1CCN(c2ccc(C(=O)Cc3cc4cc(-c5cnn(C)c5CN5CCOCC5)ccc4cn3)cn2)CC1. The molecule has 9 heteroatoms. The van der Waals surface area contributed by atoms with E-state index in [1.165, 1.54) is 5.69 Å². The van der Waals surface area contributed by atoms with Crippen molar-refractivity contribution in [3.05, 3.63) is 71.9 Å². The third kappa shape index (κ3) is 5.71. The van der Waals surface area contributed by atoms with Crippen LogP contribution in [0, 0.1) is 0 Å². The minimum absolute atomic E-state index is 0.0236. The van der Waals surface area contributed by atoms with Crippen molar-refractivity contribution in [2.45, 2.75) is 13.0 Å². The molecule has 0 radical (unpaired) electrons. The molecule has 5 heterocycles. The van der Waals surface area contributed by atoms with E-state index in [0.717, 1.165) is 92.4 Å². The Hall–Kier alpha value is -3.66. The molecule has 2 saturated heterocycles. The summed E-state index contributed by atoms with van der Waals surface area (Å²) in [5.74, 6) is 0.954. The number of piperazine rings is 1. The highest BCUT2D eigenvalue weighted by Gasteiger charge is 2.18. The molecule has 2 aliphatic rings. The van der Waals surface area contributed by atoms with E-state index in [1.807, 2.05) is 42.3 Å². The van der Waals surface area contributed by atoms with Crippen LogP contribution >= 0.6 is 0 Å². The maximum absolute atomic E-state index is 13.1. The zero-order valence-corrected chi connectivity index (χ0v) is 22.7. The largest absolute Gasteiger partial charge is 0.379 e. The topological polar surface area (TPSA) is 79.6 Å². The number of fused-ring (bicyclic) bond motifs is 1. The Morgan fingerprint density at radius 2 is 1.69 bits per heavy atom. The summed E-state index contributed by atoms with van der Waals surface area (Å²) in [5, 5.41) is 6.67. The molecule has 39 heavy (non-hydrogen) atoms. The van der Waals surface area contributed by atoms with Gasteiger partial charge in [-0.3, -0.25) is 19.4 Å². The molecular weight excluding hydrogens is 490 g/mol. The summed E-state index contributed by atoms with van der Waals surface area (Å²) in [4.78, 5) is 29.2. The van der Waals surface area contributed by atoms with Gasteiger partial charge in [0, 0.05) is 87.5 Å². The molecule has 0 bridgehead atoms. The van der Waals surface area contributed by atoms with Gasteiger partial charge < -0.3 is 14.5 Å². The first-order chi connectivity index (χ1) is 19.0. The van der Waals surface area contributed by atoms with Crippen LogP contribution in [0.4, 0.5) is 5.82 Å². The number of aromatic nitrogens is 4. The van der Waals surface area contributed by atoms with Crippen LogP contribution in [0.2, 0.25) is 0 Å². The van der Waals surface area contributed by atoms with Crippen molar-refractivity contribution in [3.63, 3.8) is 0 Å². The lowest BCUT2D eigenvalue weighted by Crippen LogP contribution is -2.44. The van der Waals surface area contributed by atoms with Crippen LogP contribution in [0.1, 0.15) is 21.7 Å². The molecule has 4 aromatic rings. The van der Waals surface area contributed by atoms with Crippen LogP contribution in [-0.4, -0.2) is 94.9 Å². The first-order valence-electron chi connectivity index (χ1n) is 13.7. The second-order valence-electron chi connectivity index (χ2n) is 10.5. The summed E-state index contributed by atoms with van der Waals surface area (Å²) in [6.45, 7) is 8.19. The second kappa shape index (κ2) is 11.2. The molecule has 3 aromatic heterocycles. The number of ketones is 1. The monoisotopic (exact) mass is 525 g/mol. The fourth-order valence-electron chi connectivity index (χ4n) is 5.35. The van der Waals surface area contributed by atoms with E-state index in [4.69, 9.17) is 4.74 Å². The number of aryl methyl sites for hydroxylation is 1. The van der Waals surface area contributed by atoms with Gasteiger partial charge in [-0.25, -0.2) is 4.98 Å². The van der Waals surface area contributed by atoms with Gasteiger partial charge in [0.05, 0.1) is 31.5 Å². The summed E-state index contributed by atoms with van der Waals surface area (Å²) >= 11 is 0. The first-order valence-corrected chi connectivity index (χ1v) is 13.7. The third-order valence-corrected chi connectivity index (χ3v) is 7.87. The summed E-state index contributed by atoms with van der Waals surface area (Å²) in [6, 6.07) is 12.3. The van der Waals surface area contributed by atoms with Gasteiger partial charge in [-0.1, -0.05) is 12.1 Å². The molecule has 0 unspecified atom stereocenters. The van der Waals surface area contributed by atoms with Gasteiger partial charge in [-0.2, -0.15) is 5.10 Å². The van der Waals surface area contributed by atoms with Crippen molar-refractivity contribution in [2.24, 2.45) is 7.05 Å². The number of likely N-dealkylation sites (N-methyl/N-ethyl adjacent to an activating group) is 1. The molecule has 1 aromatic carbocycles. The van der Waals surface area contributed by atoms with Crippen LogP contribution in [0.25, 0.3) is 21.9 Å². The average Bonchev–Trinajstić information content (AvgIpc) is 3.33. The average molecular weight is 526 g/mol. The Morgan fingerprint density at radius 1 is 0.872 bits per heavy atom. The van der Waals surface area contributed by atoms with Gasteiger partial charge in [0.25, 0.3) is 0 Å². The van der Waals surface area contributed by atoms with Crippen molar-refractivity contribution in [2.75, 3.05) is 64.4 Å². The molecule has 0 atom stereocenters. The van der Waals surface area contributed by atoms with Crippen LogP contribution < -0.4 is 4.90 Å². The van der Waals surface area contributed by atoms with Crippen molar-refractivity contribution in [1.29, 1.82) is 0 Å². The molecule has 6 rings (SSSR count). The van der Waals surface area contributed by atoms with E-state index in [1.54, 1.807) is 6.20 Å². The lowest BCUT2D eigenvalue weighted by Gasteiger charge is -2.33. The minimum atomic E-state index is 0.0236. The van der Waals surface area contributed by atoms with Gasteiger partial charge >= 0.3 is 0 Å². The molecule has 9 nitrogen and oxygen atoms in total. The number of hydrogen-bond acceptors (Lipinski definition) is 8. The lowest BCUT2D eigenvalue weighted by molar-refractivity contribution is 0.0332. The van der Waals surface area contributed by atoms with Crippen LogP contribution in [0.15, 0.2) is 55.0 Å². The van der Waals surface area contributed by atoms with Crippen molar-refractivity contribution >= 4 is 22.4 Å². The molecular formula is C30H35N7O2. The number of nitrogens with zero attached hydrogens (tertiary/aromatic N) is 7. The number of Topliss-reactive ketones (excluding diaryl/α,β-unsaturated/α-hetero) is 1. The minimum Gasteiger partial charge on any atom is -0.379 e. The summed E-state index contributed by atoms with van der Waals surface area (Å²) in [5.41, 5.74) is 4.81. The molecule has 0 saturated carbocycles. The molecule has 0 N–H and O–H groups in total. The highest BCUT2D eigenvalue weighted by atomic mass is 16.5. The molecule has 0 aliphatic carbocycles. The van der Waals surface area contributed by atoms with Crippen LogP contribution in [0.5, 0.6) is 0 Å². The van der Waals surface area contributed by atoms with Gasteiger partial charge in [0.1, 0.15) is 5.82 Å². The van der Waals surface area contributed by atoms with Gasteiger partial charge in [0.2, 0.25) is 0 Å². The number of pyridine rings is 2. The van der Waals surface area contributed by atoms with Crippen LogP contribution in [-0.2, 0) is 24.8 Å². The van der Waals surface area contributed by atoms with E-state index < -0.39 is 0 Å². The van der Waals surface area contributed by atoms with Gasteiger partial charge in [-0.05, 0) is 42.3 Å². The zero-order chi connectivity index (χ0) is 26.8. The molecule has 2 fully saturated rings. The van der Waals surface area contributed by atoms with Gasteiger partial charge in [0.15, 0.2) is 5.78 Å². The number of benzene rings is 1. The second-order valence-corrected chi connectivity index (χ2v) is 10.5. The molecule has 2 aliphatic heterocycles. The smallest absolute Gasteiger partial charge is 0.170 e. The third-order valence-electron chi connectivity index (χ3n) is 7.87. The standard InChI is InChI=1S/C30H35N7O2/c1-34-7-9-37(10-8-34)30-6-5-24(19-32-30)29(38)17-26-16-25-15-22(3-4-23(25)18-31-26)27-20-33-35(2)28(27)21-36-11-13-39-14-12-36/h3-6,15-16,18-20H,7-14,17,21H2,1-2H3. The van der Waals surface area contributed by atoms with Gasteiger partial charge in [-0.15, -0.1) is 0 Å². The van der Waals surface area contributed by atoms with E-state index in [-0.39, 0.29) is 12.2 Å². The van der Waals surface area contributed by atoms with Crippen molar-refractivity contribution in [3.8, 4) is 11.1 Å². The predicted molar refractivity (Wildman–Crippen MR) is 152 cm³/mol. The predicted octanol–water partition coefficient (Wildman–Crippen LogP) is 3.04. The van der Waals surface area contributed by atoms with Crippen molar-refractivity contribution < 1.29 is 9.53 Å². The van der Waals surface area contributed by atoms with E-state index in [9.17, 15) is 4.79 Å². The summed E-state index contributed by atoms with van der Waals surface area (Å²) < 4.78 is 7.48. The van der Waals surface area contributed by atoms with E-state index >= 15 is 0 Å². The number of hydrogen-bond donors (Lipinski definition) is 0. The maximum Gasteiger partial charge on any atom is 0.170 e. The normalized spacial score (nSPS) is 17.1. The van der Waals surface area contributed by atoms with E-state index in [0.29, 0.717) is 5.56 Å². The number of carbonyl (C=O) groups excluding carboxylic acids is 1. The lowest BCUT2D eigenvalue weighted by atomic mass is 10.0. The Kier molecular flexibility index (Phi) is 7.36. The highest BCUT2D eigenvalue weighted by Crippen LogP contribution is 2.28. The first kappa shape index (κ1) is 25.6. The van der Waals surface area contributed by atoms with E-state index in [2.05, 4.69) is 55.0 Å². The fraction of sp³-hybridized carbons (Fsp3) is 0.400. The quantitative estimate of drug-likeness (QED) is 0.341. The molecule has 202 valence electrons. The number of anilines is 1. The number of ether oxygens (including phenoxy) is 1. The molecule has 0 spiro atoms. The number of rotatable bonds is 7. The Balaban J connectivity index is 1.18. The summed E-state index contributed by atoms with van der Waals surface area (Å²) in [6.07, 6.45) is 5.74. The summed E-state index contributed by atoms with van der Waals surface area (Å²) in [7, 11) is 4.14. The van der Waals surface area contributed by atoms with Crippen molar-refractivity contribution in [1.82, 2.24) is 29.5 Å². The maximum atomic E-state index is 13.1. The Labute approximate surface area is 229 Å². The Morgan fingerprint density at radius 3 is 2.46 bits per heavy atom. The Bertz CT molecular complexity index is 1450.